The number of carboxylic acid groups (broad SMARTS) is 1. The molecule has 2 bridgehead atoms. The molecule has 1 aromatic rings. The number of benzene rings is 1. The van der Waals surface area contributed by atoms with E-state index in [1.165, 1.54) is 0 Å². The van der Waals surface area contributed by atoms with Crippen molar-refractivity contribution >= 4 is 29.2 Å². The molecule has 3 aliphatic heterocycles. The highest BCUT2D eigenvalue weighted by Gasteiger charge is 2.67. The van der Waals surface area contributed by atoms with E-state index in [-0.39, 0.29) is 5.91 Å². The van der Waals surface area contributed by atoms with Crippen molar-refractivity contribution in [1.82, 2.24) is 0 Å². The standard InChI is InChI=1S/C15H12ClNO4/c16-8-2-1-3-9(6-8)17-7-15-5-4-10(21-15)11(14(19)20)12(15)13(17)18/h1-6,10-12H,7H2,(H,19,20)/t10-,11-,12-,15+/m0/s1. The van der Waals surface area contributed by atoms with E-state index in [2.05, 4.69) is 0 Å². The van der Waals surface area contributed by atoms with Gasteiger partial charge in [-0.05, 0) is 18.2 Å². The number of aliphatic carboxylic acids is 1. The third kappa shape index (κ3) is 1.61. The zero-order valence-electron chi connectivity index (χ0n) is 10.9. The molecule has 5 nitrogen and oxygen atoms in total. The molecule has 1 aromatic carbocycles. The number of halogens is 1. The molecule has 1 N–H and O–H groups in total. The number of hydrogen-bond acceptors (Lipinski definition) is 3. The first-order valence-corrected chi connectivity index (χ1v) is 7.07. The summed E-state index contributed by atoms with van der Waals surface area (Å²) in [5.74, 6) is -2.68. The first-order chi connectivity index (χ1) is 10.0. The Bertz CT molecular complexity index is 688. The Hall–Kier alpha value is -1.85. The van der Waals surface area contributed by atoms with Gasteiger partial charge in [-0.25, -0.2) is 0 Å². The Morgan fingerprint density at radius 3 is 3.00 bits per heavy atom. The van der Waals surface area contributed by atoms with Gasteiger partial charge in [0.2, 0.25) is 5.91 Å². The number of carbonyl (C=O) groups excluding carboxylic acids is 1. The van der Waals surface area contributed by atoms with Crippen molar-refractivity contribution in [2.45, 2.75) is 11.7 Å². The van der Waals surface area contributed by atoms with Gasteiger partial charge in [0.05, 0.1) is 18.6 Å². The SMILES string of the molecule is O=C(O)[C@H]1[C@@H]2C=C[C@]3(CN(c4cccc(Cl)c4)C(=O)[C@H]13)O2. The Balaban J connectivity index is 1.75. The Morgan fingerprint density at radius 2 is 2.29 bits per heavy atom. The van der Waals surface area contributed by atoms with Crippen LogP contribution in [0, 0.1) is 11.8 Å². The molecule has 0 unspecified atom stereocenters. The van der Waals surface area contributed by atoms with Crippen LogP contribution in [0.25, 0.3) is 0 Å². The van der Waals surface area contributed by atoms with Gasteiger partial charge in [-0.1, -0.05) is 29.8 Å². The lowest BCUT2D eigenvalue weighted by molar-refractivity contribution is -0.146. The second kappa shape index (κ2) is 4.08. The fraction of sp³-hybridized carbons (Fsp3) is 0.333. The van der Waals surface area contributed by atoms with Crippen LogP contribution in [0.5, 0.6) is 0 Å². The average Bonchev–Trinajstić information content (AvgIpc) is 3.07. The summed E-state index contributed by atoms with van der Waals surface area (Å²) < 4.78 is 5.82. The number of amides is 1. The summed E-state index contributed by atoms with van der Waals surface area (Å²) in [6.45, 7) is 0.327. The minimum absolute atomic E-state index is 0.212. The molecule has 4 atom stereocenters. The zero-order chi connectivity index (χ0) is 14.8. The van der Waals surface area contributed by atoms with E-state index in [9.17, 15) is 14.7 Å². The summed E-state index contributed by atoms with van der Waals surface area (Å²) in [5, 5.41) is 9.92. The van der Waals surface area contributed by atoms with E-state index in [0.717, 1.165) is 0 Å². The summed E-state index contributed by atoms with van der Waals surface area (Å²) in [5.41, 5.74) is -0.145. The Morgan fingerprint density at radius 1 is 1.48 bits per heavy atom. The molecule has 1 spiro atoms. The van der Waals surface area contributed by atoms with Crippen molar-refractivity contribution in [1.29, 1.82) is 0 Å². The molecule has 0 radical (unpaired) electrons. The number of nitrogens with zero attached hydrogens (tertiary/aromatic N) is 1. The van der Waals surface area contributed by atoms with Gasteiger partial charge in [-0.3, -0.25) is 9.59 Å². The summed E-state index contributed by atoms with van der Waals surface area (Å²) in [6, 6.07) is 6.97. The summed E-state index contributed by atoms with van der Waals surface area (Å²) >= 11 is 5.97. The Kier molecular flexibility index (Phi) is 2.50. The lowest BCUT2D eigenvalue weighted by atomic mass is 9.77. The maximum Gasteiger partial charge on any atom is 0.310 e. The van der Waals surface area contributed by atoms with E-state index < -0.39 is 29.5 Å². The lowest BCUT2D eigenvalue weighted by Gasteiger charge is -2.21. The predicted octanol–water partition coefficient (Wildman–Crippen LogP) is 1.71. The fourth-order valence-electron chi connectivity index (χ4n) is 3.64. The number of fused-ring (bicyclic) bond motifs is 1. The first kappa shape index (κ1) is 12.9. The van der Waals surface area contributed by atoms with E-state index in [0.29, 0.717) is 17.3 Å². The molecular formula is C15H12ClNO4. The summed E-state index contributed by atoms with van der Waals surface area (Å²) in [4.78, 5) is 25.7. The maximum atomic E-state index is 12.7. The van der Waals surface area contributed by atoms with Gasteiger partial charge in [0.1, 0.15) is 11.5 Å². The van der Waals surface area contributed by atoms with Crippen LogP contribution in [-0.4, -0.2) is 35.2 Å². The van der Waals surface area contributed by atoms with E-state index >= 15 is 0 Å². The molecule has 0 saturated carbocycles. The van der Waals surface area contributed by atoms with Crippen molar-refractivity contribution < 1.29 is 19.4 Å². The van der Waals surface area contributed by atoms with Crippen molar-refractivity contribution in [3.8, 4) is 0 Å². The van der Waals surface area contributed by atoms with Crippen LogP contribution in [0.4, 0.5) is 5.69 Å². The van der Waals surface area contributed by atoms with Crippen LogP contribution in [0.15, 0.2) is 36.4 Å². The number of carbonyl (C=O) groups is 2. The van der Waals surface area contributed by atoms with Crippen LogP contribution in [-0.2, 0) is 14.3 Å². The number of carboxylic acids is 1. The van der Waals surface area contributed by atoms with Gasteiger partial charge in [0.15, 0.2) is 0 Å². The monoisotopic (exact) mass is 305 g/mol. The maximum absolute atomic E-state index is 12.7. The van der Waals surface area contributed by atoms with Gasteiger partial charge in [0, 0.05) is 10.7 Å². The number of hydrogen-bond donors (Lipinski definition) is 1. The smallest absolute Gasteiger partial charge is 0.310 e. The third-order valence-corrected chi connectivity index (χ3v) is 4.74. The Labute approximate surface area is 125 Å². The minimum Gasteiger partial charge on any atom is -0.481 e. The normalized spacial score (nSPS) is 36.3. The minimum atomic E-state index is -0.988. The fourth-order valence-corrected chi connectivity index (χ4v) is 3.83. The second-order valence-corrected chi connectivity index (χ2v) is 6.08. The van der Waals surface area contributed by atoms with Gasteiger partial charge < -0.3 is 14.7 Å². The highest BCUT2D eigenvalue weighted by molar-refractivity contribution is 6.31. The van der Waals surface area contributed by atoms with Gasteiger partial charge in [-0.15, -0.1) is 0 Å². The second-order valence-electron chi connectivity index (χ2n) is 5.64. The van der Waals surface area contributed by atoms with Crippen LogP contribution < -0.4 is 4.90 Å². The van der Waals surface area contributed by atoms with Crippen LogP contribution in [0.3, 0.4) is 0 Å². The van der Waals surface area contributed by atoms with E-state index in [1.54, 1.807) is 35.2 Å². The molecule has 3 aliphatic rings. The zero-order valence-corrected chi connectivity index (χ0v) is 11.7. The molecule has 2 saturated heterocycles. The van der Waals surface area contributed by atoms with Crippen molar-refractivity contribution in [2.75, 3.05) is 11.4 Å². The van der Waals surface area contributed by atoms with E-state index in [4.69, 9.17) is 16.3 Å². The summed E-state index contributed by atoms with van der Waals surface area (Å²) in [6.07, 6.45) is 3.09. The average molecular weight is 306 g/mol. The molecule has 1 amide bonds. The van der Waals surface area contributed by atoms with Crippen molar-refractivity contribution in [3.05, 3.63) is 41.4 Å². The quantitative estimate of drug-likeness (QED) is 0.845. The topological polar surface area (TPSA) is 66.8 Å². The number of anilines is 1. The highest BCUT2D eigenvalue weighted by Crippen LogP contribution is 2.52. The first-order valence-electron chi connectivity index (χ1n) is 6.69. The lowest BCUT2D eigenvalue weighted by Crippen LogP contribution is -2.39. The third-order valence-electron chi connectivity index (χ3n) is 4.51. The van der Waals surface area contributed by atoms with Gasteiger partial charge in [0.25, 0.3) is 0 Å². The van der Waals surface area contributed by atoms with Crippen molar-refractivity contribution in [3.63, 3.8) is 0 Å². The number of ether oxygens (including phenoxy) is 1. The van der Waals surface area contributed by atoms with E-state index in [1.807, 2.05) is 6.08 Å². The van der Waals surface area contributed by atoms with Gasteiger partial charge >= 0.3 is 5.97 Å². The number of rotatable bonds is 2. The predicted molar refractivity (Wildman–Crippen MR) is 75.2 cm³/mol. The van der Waals surface area contributed by atoms with Crippen molar-refractivity contribution in [2.24, 2.45) is 11.8 Å². The molecule has 6 heteroatoms. The van der Waals surface area contributed by atoms with Crippen LogP contribution in [0.2, 0.25) is 5.02 Å². The molecule has 0 aromatic heterocycles. The largest absolute Gasteiger partial charge is 0.481 e. The molecule has 2 fully saturated rings. The van der Waals surface area contributed by atoms with Crippen LogP contribution >= 0.6 is 11.6 Å². The van der Waals surface area contributed by atoms with Crippen LogP contribution in [0.1, 0.15) is 0 Å². The molecule has 108 valence electrons. The van der Waals surface area contributed by atoms with Gasteiger partial charge in [-0.2, -0.15) is 0 Å². The molecule has 21 heavy (non-hydrogen) atoms. The molecule has 3 heterocycles. The highest BCUT2D eigenvalue weighted by atomic mass is 35.5. The molecule has 0 aliphatic carbocycles. The molecular weight excluding hydrogens is 294 g/mol. The molecule has 4 rings (SSSR count). The summed E-state index contributed by atoms with van der Waals surface area (Å²) in [7, 11) is 0.